The molecule has 1 aliphatic rings. The molecule has 0 amide bonds. The molecule has 5 heteroatoms. The van der Waals surface area contributed by atoms with Gasteiger partial charge < -0.3 is 4.74 Å². The minimum absolute atomic E-state index is 0.0179. The summed E-state index contributed by atoms with van der Waals surface area (Å²) in [5.74, 6) is 0.243. The molecule has 0 bridgehead atoms. The van der Waals surface area contributed by atoms with Crippen molar-refractivity contribution in [2.45, 2.75) is 46.0 Å². The molecule has 1 unspecified atom stereocenters. The molecule has 1 fully saturated rings. The summed E-state index contributed by atoms with van der Waals surface area (Å²) in [5, 5.41) is 0.921. The molecule has 1 atom stereocenters. The van der Waals surface area contributed by atoms with E-state index in [4.69, 9.17) is 27.9 Å². The van der Waals surface area contributed by atoms with Gasteiger partial charge in [0.25, 0.3) is 0 Å². The zero-order valence-corrected chi connectivity index (χ0v) is 17.2. The summed E-state index contributed by atoms with van der Waals surface area (Å²) in [6.07, 6.45) is 1.74. The van der Waals surface area contributed by atoms with Crippen LogP contribution in [0.2, 0.25) is 10.0 Å². The van der Waals surface area contributed by atoms with Crippen LogP contribution in [0.4, 0.5) is 0 Å². The molecule has 1 aliphatic carbocycles. The lowest BCUT2D eigenvalue weighted by molar-refractivity contribution is -0.139. The molecule has 0 aromatic heterocycles. The molecule has 0 aliphatic heterocycles. The lowest BCUT2D eigenvalue weighted by Crippen LogP contribution is -2.39. The van der Waals surface area contributed by atoms with Crippen molar-refractivity contribution in [3.63, 3.8) is 0 Å². The summed E-state index contributed by atoms with van der Waals surface area (Å²) in [5.41, 5.74) is 1.22. The number of ether oxygens (including phenoxy) is 1. The third-order valence-electron chi connectivity index (χ3n) is 5.18. The molecular weight excluding hydrogens is 383 g/mol. The Bertz CT molecular complexity index is 902. The number of carbonyl (C=O) groups excluding carboxylic acids is 2. The molecular formula is C22H22Cl2O3. The molecule has 0 heterocycles. The lowest BCUT2D eigenvalue weighted by Gasteiger charge is -2.33. The van der Waals surface area contributed by atoms with Crippen molar-refractivity contribution in [2.24, 2.45) is 5.41 Å². The second kappa shape index (κ2) is 7.65. The number of benzene rings is 2. The van der Waals surface area contributed by atoms with Gasteiger partial charge in [-0.15, -0.1) is 0 Å². The maximum Gasteiger partial charge on any atom is 0.153 e. The Kier molecular flexibility index (Phi) is 5.64. The average molecular weight is 405 g/mol. The van der Waals surface area contributed by atoms with Crippen LogP contribution in [-0.2, 0) is 16.0 Å². The fourth-order valence-corrected chi connectivity index (χ4v) is 3.91. The van der Waals surface area contributed by atoms with Crippen molar-refractivity contribution < 1.29 is 14.3 Å². The van der Waals surface area contributed by atoms with Crippen molar-refractivity contribution in [1.82, 2.24) is 0 Å². The lowest BCUT2D eigenvalue weighted by atomic mass is 9.67. The maximum atomic E-state index is 13.0. The minimum Gasteiger partial charge on any atom is -0.456 e. The number of rotatable bonds is 4. The highest BCUT2D eigenvalue weighted by molar-refractivity contribution is 6.35. The van der Waals surface area contributed by atoms with Crippen molar-refractivity contribution in [2.75, 3.05) is 0 Å². The van der Waals surface area contributed by atoms with Crippen molar-refractivity contribution in [3.05, 3.63) is 57.6 Å². The Morgan fingerprint density at radius 3 is 2.52 bits per heavy atom. The van der Waals surface area contributed by atoms with Crippen LogP contribution >= 0.6 is 23.2 Å². The number of Topliss-reactive ketones (excluding diaryl/α,β-unsaturated/α-hetero) is 2. The van der Waals surface area contributed by atoms with Crippen LogP contribution in [0.5, 0.6) is 11.5 Å². The van der Waals surface area contributed by atoms with E-state index in [0.717, 1.165) is 17.5 Å². The number of ketones is 2. The van der Waals surface area contributed by atoms with Crippen molar-refractivity contribution in [3.8, 4) is 11.5 Å². The highest BCUT2D eigenvalue weighted by Crippen LogP contribution is 2.41. The maximum absolute atomic E-state index is 13.0. The van der Waals surface area contributed by atoms with Gasteiger partial charge >= 0.3 is 0 Å². The van der Waals surface area contributed by atoms with E-state index in [9.17, 15) is 9.59 Å². The highest BCUT2D eigenvalue weighted by atomic mass is 35.5. The summed E-state index contributed by atoms with van der Waals surface area (Å²) in [7, 11) is 0. The van der Waals surface area contributed by atoms with E-state index in [1.807, 2.05) is 32.9 Å². The fraction of sp³-hybridized carbons (Fsp3) is 0.364. The average Bonchev–Trinajstić information content (AvgIpc) is 2.62. The van der Waals surface area contributed by atoms with Crippen LogP contribution in [0.25, 0.3) is 0 Å². The number of halogens is 2. The third-order valence-corrected chi connectivity index (χ3v) is 5.71. The van der Waals surface area contributed by atoms with Gasteiger partial charge in [-0.3, -0.25) is 9.59 Å². The third kappa shape index (κ3) is 4.04. The largest absolute Gasteiger partial charge is 0.456 e. The fourth-order valence-electron chi connectivity index (χ4n) is 3.47. The first-order valence-corrected chi connectivity index (χ1v) is 9.81. The Labute approximate surface area is 169 Å². The molecule has 0 N–H and O–H groups in total. The highest BCUT2D eigenvalue weighted by Gasteiger charge is 2.43. The molecule has 0 saturated heterocycles. The SMILES string of the molecule is CCc1ccc(Oc2ccc(Cl)cc2Cl)cc1C1C(=O)CCC(C)(C)C1=O. The molecule has 3 rings (SSSR count). The molecule has 1 saturated carbocycles. The Hall–Kier alpha value is -1.84. The molecule has 0 radical (unpaired) electrons. The van der Waals surface area contributed by atoms with E-state index >= 15 is 0 Å². The Morgan fingerprint density at radius 1 is 1.11 bits per heavy atom. The first kappa shape index (κ1) is 19.9. The first-order valence-electron chi connectivity index (χ1n) is 9.05. The zero-order chi connectivity index (χ0) is 19.8. The number of aryl methyl sites for hydroxylation is 1. The summed E-state index contributed by atoms with van der Waals surface area (Å²) >= 11 is 12.1. The van der Waals surface area contributed by atoms with Gasteiger partial charge in [-0.2, -0.15) is 0 Å². The van der Waals surface area contributed by atoms with Crippen LogP contribution < -0.4 is 4.74 Å². The summed E-state index contributed by atoms with van der Waals surface area (Å²) in [6, 6.07) is 10.5. The second-order valence-corrected chi connectivity index (χ2v) is 8.38. The van der Waals surface area contributed by atoms with Gasteiger partial charge in [-0.05, 0) is 54.3 Å². The minimum atomic E-state index is -0.729. The first-order chi connectivity index (χ1) is 12.7. The van der Waals surface area contributed by atoms with Gasteiger partial charge in [0.05, 0.1) is 5.02 Å². The van der Waals surface area contributed by atoms with Crippen LogP contribution in [-0.4, -0.2) is 11.6 Å². The molecule has 2 aromatic carbocycles. The predicted molar refractivity (Wildman–Crippen MR) is 108 cm³/mol. The van der Waals surface area contributed by atoms with Crippen LogP contribution in [0.3, 0.4) is 0 Å². The monoisotopic (exact) mass is 404 g/mol. The van der Waals surface area contributed by atoms with Crippen LogP contribution in [0.1, 0.15) is 50.7 Å². The van der Waals surface area contributed by atoms with Gasteiger partial charge in [0.1, 0.15) is 23.2 Å². The normalized spacial score (nSPS) is 19.2. The summed E-state index contributed by atoms with van der Waals surface area (Å²) in [4.78, 5) is 25.6. The number of hydrogen-bond acceptors (Lipinski definition) is 3. The van der Waals surface area contributed by atoms with E-state index < -0.39 is 11.3 Å². The van der Waals surface area contributed by atoms with E-state index in [-0.39, 0.29) is 11.6 Å². The van der Waals surface area contributed by atoms with E-state index in [1.165, 1.54) is 0 Å². The number of hydrogen-bond donors (Lipinski definition) is 0. The van der Waals surface area contributed by atoms with Gasteiger partial charge in [-0.25, -0.2) is 0 Å². The number of carbonyl (C=O) groups is 2. The van der Waals surface area contributed by atoms with Crippen molar-refractivity contribution >= 4 is 34.8 Å². The van der Waals surface area contributed by atoms with Crippen LogP contribution in [0.15, 0.2) is 36.4 Å². The Balaban J connectivity index is 2.01. The van der Waals surface area contributed by atoms with E-state index in [0.29, 0.717) is 34.4 Å². The quantitative estimate of drug-likeness (QED) is 0.554. The van der Waals surface area contributed by atoms with Crippen LogP contribution in [0, 0.1) is 5.41 Å². The summed E-state index contributed by atoms with van der Waals surface area (Å²) < 4.78 is 5.90. The molecule has 3 nitrogen and oxygen atoms in total. The van der Waals surface area contributed by atoms with Gasteiger partial charge in [-0.1, -0.05) is 50.0 Å². The predicted octanol–water partition coefficient (Wildman–Crippen LogP) is 6.39. The van der Waals surface area contributed by atoms with E-state index in [1.54, 1.807) is 24.3 Å². The van der Waals surface area contributed by atoms with E-state index in [2.05, 4.69) is 0 Å². The zero-order valence-electron chi connectivity index (χ0n) is 15.6. The summed E-state index contributed by atoms with van der Waals surface area (Å²) in [6.45, 7) is 5.83. The van der Waals surface area contributed by atoms with Gasteiger partial charge in [0.15, 0.2) is 5.78 Å². The topological polar surface area (TPSA) is 43.4 Å². The Morgan fingerprint density at radius 2 is 1.85 bits per heavy atom. The smallest absolute Gasteiger partial charge is 0.153 e. The van der Waals surface area contributed by atoms with Gasteiger partial charge in [0.2, 0.25) is 0 Å². The molecule has 2 aromatic rings. The standard InChI is InChI=1S/C22H22Cl2O3/c1-4-13-5-7-15(27-19-8-6-14(23)11-17(19)24)12-16(13)20-18(25)9-10-22(2,3)21(20)26/h5-8,11-12,20H,4,9-10H2,1-3H3. The molecule has 0 spiro atoms. The molecule has 27 heavy (non-hydrogen) atoms. The van der Waals surface area contributed by atoms with Crippen molar-refractivity contribution in [1.29, 1.82) is 0 Å². The van der Waals surface area contributed by atoms with Gasteiger partial charge in [0, 0.05) is 16.9 Å². The second-order valence-electron chi connectivity index (χ2n) is 7.54. The molecule has 142 valence electrons.